The predicted molar refractivity (Wildman–Crippen MR) is 94.5 cm³/mol. The minimum Gasteiger partial charge on any atom is -0.466 e. The monoisotopic (exact) mass is 328 g/mol. The Morgan fingerprint density at radius 3 is 2.96 bits per heavy atom. The lowest BCUT2D eigenvalue weighted by Gasteiger charge is -2.18. The van der Waals surface area contributed by atoms with Gasteiger partial charge >= 0.3 is 0 Å². The molecule has 1 saturated heterocycles. The second kappa shape index (κ2) is 7.97. The molecule has 3 rings (SSSR count). The van der Waals surface area contributed by atoms with Crippen LogP contribution in [-0.2, 0) is 4.74 Å². The Labute approximate surface area is 142 Å². The number of anilines is 2. The van der Waals surface area contributed by atoms with E-state index in [0.717, 1.165) is 49.1 Å². The lowest BCUT2D eigenvalue weighted by atomic mass is 10.1. The summed E-state index contributed by atoms with van der Waals surface area (Å²) >= 11 is 0. The molecule has 0 aliphatic carbocycles. The highest BCUT2D eigenvalue weighted by atomic mass is 16.7. The van der Waals surface area contributed by atoms with Crippen LogP contribution < -0.4 is 15.0 Å². The lowest BCUT2D eigenvalue weighted by molar-refractivity contribution is 0.0509. The Hall–Kier alpha value is -2.34. The van der Waals surface area contributed by atoms with Crippen molar-refractivity contribution < 1.29 is 9.47 Å². The molecule has 6 nitrogen and oxygen atoms in total. The highest BCUT2D eigenvalue weighted by molar-refractivity contribution is 5.42. The fraction of sp³-hybridized carbons (Fsp3) is 0.444. The fourth-order valence-electron chi connectivity index (χ4n) is 2.87. The summed E-state index contributed by atoms with van der Waals surface area (Å²) in [5.41, 5.74) is 1.04. The van der Waals surface area contributed by atoms with Crippen molar-refractivity contribution in [1.29, 1.82) is 0 Å². The number of methoxy groups -OCH3 is 1. The first-order valence-corrected chi connectivity index (χ1v) is 8.25. The lowest BCUT2D eigenvalue weighted by Crippen LogP contribution is -2.23. The minimum absolute atomic E-state index is 0.242. The summed E-state index contributed by atoms with van der Waals surface area (Å²) in [5, 5.41) is 3.44. The number of pyridine rings is 2. The first-order chi connectivity index (χ1) is 11.7. The van der Waals surface area contributed by atoms with Crippen LogP contribution in [0.2, 0.25) is 0 Å². The van der Waals surface area contributed by atoms with Crippen LogP contribution in [0.3, 0.4) is 0 Å². The number of nitrogens with one attached hydrogen (secondary N) is 1. The zero-order valence-corrected chi connectivity index (χ0v) is 14.2. The van der Waals surface area contributed by atoms with Crippen molar-refractivity contribution in [1.82, 2.24) is 9.97 Å². The van der Waals surface area contributed by atoms with Gasteiger partial charge in [0.15, 0.2) is 6.79 Å². The number of hydrogen-bond donors (Lipinski definition) is 1. The molecule has 2 aromatic heterocycles. The van der Waals surface area contributed by atoms with Gasteiger partial charge in [0.25, 0.3) is 0 Å². The number of hydrogen-bond acceptors (Lipinski definition) is 6. The molecular formula is C18H24N4O2. The Kier molecular flexibility index (Phi) is 5.48. The molecular weight excluding hydrogens is 304 g/mol. The SMILES string of the molecule is COCOc1ccc(N2CCC(CNc3cccc(C)n3)C2)nc1. The average Bonchev–Trinajstić information content (AvgIpc) is 3.08. The molecule has 3 heterocycles. The van der Waals surface area contributed by atoms with E-state index in [0.29, 0.717) is 5.92 Å². The molecule has 128 valence electrons. The van der Waals surface area contributed by atoms with E-state index in [2.05, 4.69) is 20.2 Å². The smallest absolute Gasteiger partial charge is 0.188 e. The number of aromatic nitrogens is 2. The summed E-state index contributed by atoms with van der Waals surface area (Å²) in [7, 11) is 1.60. The third kappa shape index (κ3) is 4.35. The van der Waals surface area contributed by atoms with Crippen molar-refractivity contribution in [3.8, 4) is 5.75 Å². The van der Waals surface area contributed by atoms with Gasteiger partial charge in [0.05, 0.1) is 6.20 Å². The van der Waals surface area contributed by atoms with Crippen LogP contribution in [-0.4, -0.2) is 43.5 Å². The van der Waals surface area contributed by atoms with Crippen molar-refractivity contribution in [2.45, 2.75) is 13.3 Å². The molecule has 0 radical (unpaired) electrons. The molecule has 1 atom stereocenters. The first kappa shape index (κ1) is 16.5. The molecule has 24 heavy (non-hydrogen) atoms. The Balaban J connectivity index is 1.49. The summed E-state index contributed by atoms with van der Waals surface area (Å²) in [5.74, 6) is 3.27. The standard InChI is InChI=1S/C18H24N4O2/c1-14-4-3-5-17(21-14)19-10-15-8-9-22(12-15)18-7-6-16(11-20-18)24-13-23-2/h3-7,11,15H,8-10,12-13H2,1-2H3,(H,19,21). The largest absolute Gasteiger partial charge is 0.466 e. The van der Waals surface area contributed by atoms with Crippen LogP contribution in [0.25, 0.3) is 0 Å². The Bertz CT molecular complexity index is 648. The predicted octanol–water partition coefficient (Wildman–Crippen LogP) is 2.71. The van der Waals surface area contributed by atoms with Crippen LogP contribution in [0.5, 0.6) is 5.75 Å². The zero-order valence-electron chi connectivity index (χ0n) is 14.2. The summed E-state index contributed by atoms with van der Waals surface area (Å²) in [6, 6.07) is 9.99. The molecule has 6 heteroatoms. The van der Waals surface area contributed by atoms with Gasteiger partial charge in [-0.05, 0) is 43.5 Å². The topological polar surface area (TPSA) is 59.5 Å². The molecule has 0 saturated carbocycles. The van der Waals surface area contributed by atoms with Gasteiger partial charge in [0.1, 0.15) is 17.4 Å². The third-order valence-corrected chi connectivity index (χ3v) is 4.13. The maximum absolute atomic E-state index is 5.37. The quantitative estimate of drug-likeness (QED) is 0.789. The average molecular weight is 328 g/mol. The molecule has 0 spiro atoms. The minimum atomic E-state index is 0.242. The normalized spacial score (nSPS) is 17.1. The number of ether oxygens (including phenoxy) is 2. The highest BCUT2D eigenvalue weighted by Gasteiger charge is 2.23. The van der Waals surface area contributed by atoms with E-state index in [1.807, 2.05) is 37.3 Å². The van der Waals surface area contributed by atoms with Crippen LogP contribution in [0.1, 0.15) is 12.1 Å². The fourth-order valence-corrected chi connectivity index (χ4v) is 2.87. The van der Waals surface area contributed by atoms with Gasteiger partial charge in [-0.2, -0.15) is 0 Å². The van der Waals surface area contributed by atoms with Crippen molar-refractivity contribution in [3.63, 3.8) is 0 Å². The van der Waals surface area contributed by atoms with Gasteiger partial charge in [-0.15, -0.1) is 0 Å². The van der Waals surface area contributed by atoms with E-state index in [9.17, 15) is 0 Å². The summed E-state index contributed by atoms with van der Waals surface area (Å²) < 4.78 is 10.3. The van der Waals surface area contributed by atoms with Crippen LogP contribution in [0.4, 0.5) is 11.6 Å². The van der Waals surface area contributed by atoms with Crippen molar-refractivity contribution in [2.75, 3.05) is 43.8 Å². The number of aryl methyl sites for hydroxylation is 1. The molecule has 1 fully saturated rings. The molecule has 1 unspecified atom stereocenters. The van der Waals surface area contributed by atoms with Gasteiger partial charge in [-0.1, -0.05) is 6.07 Å². The third-order valence-electron chi connectivity index (χ3n) is 4.13. The van der Waals surface area contributed by atoms with Crippen molar-refractivity contribution >= 4 is 11.6 Å². The van der Waals surface area contributed by atoms with E-state index < -0.39 is 0 Å². The van der Waals surface area contributed by atoms with Gasteiger partial charge < -0.3 is 19.7 Å². The molecule has 0 amide bonds. The highest BCUT2D eigenvalue weighted by Crippen LogP contribution is 2.23. The second-order valence-electron chi connectivity index (χ2n) is 6.05. The molecule has 1 aliphatic rings. The summed E-state index contributed by atoms with van der Waals surface area (Å²) in [4.78, 5) is 11.3. The van der Waals surface area contributed by atoms with Gasteiger partial charge in [-0.25, -0.2) is 9.97 Å². The zero-order chi connectivity index (χ0) is 16.8. The van der Waals surface area contributed by atoms with Gasteiger partial charge in [0, 0.05) is 32.4 Å². The molecule has 1 N–H and O–H groups in total. The molecule has 1 aliphatic heterocycles. The van der Waals surface area contributed by atoms with Crippen LogP contribution in [0, 0.1) is 12.8 Å². The van der Waals surface area contributed by atoms with E-state index in [-0.39, 0.29) is 6.79 Å². The van der Waals surface area contributed by atoms with Gasteiger partial charge in [-0.3, -0.25) is 0 Å². The van der Waals surface area contributed by atoms with E-state index in [1.54, 1.807) is 13.3 Å². The Morgan fingerprint density at radius 1 is 1.29 bits per heavy atom. The van der Waals surface area contributed by atoms with Gasteiger partial charge in [0.2, 0.25) is 0 Å². The van der Waals surface area contributed by atoms with Crippen molar-refractivity contribution in [2.24, 2.45) is 5.92 Å². The van der Waals surface area contributed by atoms with Crippen LogP contribution in [0.15, 0.2) is 36.5 Å². The summed E-state index contributed by atoms with van der Waals surface area (Å²) in [6.07, 6.45) is 2.90. The molecule has 0 aromatic carbocycles. The van der Waals surface area contributed by atoms with Crippen molar-refractivity contribution in [3.05, 3.63) is 42.2 Å². The maximum Gasteiger partial charge on any atom is 0.188 e. The van der Waals surface area contributed by atoms with E-state index in [4.69, 9.17) is 9.47 Å². The Morgan fingerprint density at radius 2 is 2.21 bits per heavy atom. The second-order valence-corrected chi connectivity index (χ2v) is 6.05. The molecule has 2 aromatic rings. The molecule has 0 bridgehead atoms. The van der Waals surface area contributed by atoms with E-state index in [1.165, 1.54) is 0 Å². The summed E-state index contributed by atoms with van der Waals surface area (Å²) in [6.45, 7) is 5.21. The van der Waals surface area contributed by atoms with E-state index >= 15 is 0 Å². The number of nitrogens with zero attached hydrogens (tertiary/aromatic N) is 3. The number of rotatable bonds is 7. The maximum atomic E-state index is 5.37. The van der Waals surface area contributed by atoms with Crippen LogP contribution >= 0.6 is 0 Å². The first-order valence-electron chi connectivity index (χ1n) is 8.25.